The molecule has 2 atom stereocenters. The van der Waals surface area contributed by atoms with E-state index in [1.807, 2.05) is 0 Å². The van der Waals surface area contributed by atoms with Crippen molar-refractivity contribution in [1.29, 1.82) is 0 Å². The van der Waals surface area contributed by atoms with Crippen LogP contribution in [-0.2, 0) is 19.1 Å². The van der Waals surface area contributed by atoms with Crippen molar-refractivity contribution < 1.29 is 28.2 Å². The molecule has 0 aromatic carbocycles. The van der Waals surface area contributed by atoms with Crippen molar-refractivity contribution >= 4 is 18.0 Å². The number of imide groups is 1. The van der Waals surface area contributed by atoms with Gasteiger partial charge in [0.25, 0.3) is 5.91 Å². The molecule has 7 heteroatoms. The van der Waals surface area contributed by atoms with Crippen LogP contribution in [0.3, 0.4) is 0 Å². The average Bonchev–Trinajstić information content (AvgIpc) is 2.52. The number of carbonyl (C=O) groups excluding carboxylic acids is 3. The molecule has 0 bridgehead atoms. The molecule has 1 saturated heterocycles. The first-order chi connectivity index (χ1) is 8.17. The van der Waals surface area contributed by atoms with Gasteiger partial charge in [-0.2, -0.15) is 0 Å². The summed E-state index contributed by atoms with van der Waals surface area (Å²) in [5, 5.41) is 0. The van der Waals surface area contributed by atoms with Crippen molar-refractivity contribution in [3.8, 4) is 0 Å². The first-order valence-electron chi connectivity index (χ1n) is 5.45. The third kappa shape index (κ3) is 2.96. The maximum absolute atomic E-state index is 13.3. The molecule has 1 aliphatic heterocycles. The fourth-order valence-electron chi connectivity index (χ4n) is 1.57. The Labute approximate surface area is 104 Å². The number of carbonyl (C=O) groups is 3. The molecule has 1 rings (SSSR count). The van der Waals surface area contributed by atoms with Gasteiger partial charge in [0.15, 0.2) is 6.17 Å². The summed E-state index contributed by atoms with van der Waals surface area (Å²) in [5.41, 5.74) is -0.841. The van der Waals surface area contributed by atoms with Gasteiger partial charge in [0, 0.05) is 6.42 Å². The summed E-state index contributed by atoms with van der Waals surface area (Å²) in [7, 11) is 1.10. The minimum atomic E-state index is -1.89. The van der Waals surface area contributed by atoms with E-state index in [-0.39, 0.29) is 0 Å². The zero-order valence-electron chi connectivity index (χ0n) is 10.7. The van der Waals surface area contributed by atoms with Crippen LogP contribution >= 0.6 is 0 Å². The summed E-state index contributed by atoms with van der Waals surface area (Å²) >= 11 is 0. The molecule has 102 valence electrons. The number of likely N-dealkylation sites (tertiary alicyclic amines) is 1. The van der Waals surface area contributed by atoms with E-state index in [2.05, 4.69) is 4.74 Å². The van der Waals surface area contributed by atoms with Gasteiger partial charge in [0.05, 0.1) is 7.11 Å². The maximum Gasteiger partial charge on any atom is 0.417 e. The van der Waals surface area contributed by atoms with Crippen LogP contribution in [0.5, 0.6) is 0 Å². The van der Waals surface area contributed by atoms with Crippen molar-refractivity contribution in [1.82, 2.24) is 4.90 Å². The highest BCUT2D eigenvalue weighted by atomic mass is 19.1. The number of amides is 2. The molecular weight excluding hydrogens is 245 g/mol. The zero-order chi connectivity index (χ0) is 14.1. The Morgan fingerprint density at radius 3 is 2.39 bits per heavy atom. The fraction of sp³-hybridized carbons (Fsp3) is 0.727. The summed E-state index contributed by atoms with van der Waals surface area (Å²) in [4.78, 5) is 35.1. The van der Waals surface area contributed by atoms with Gasteiger partial charge in [0.1, 0.15) is 11.6 Å². The Kier molecular flexibility index (Phi) is 3.93. The molecule has 0 aromatic rings. The Morgan fingerprint density at radius 2 is 1.94 bits per heavy atom. The van der Waals surface area contributed by atoms with E-state index in [1.54, 1.807) is 20.8 Å². The monoisotopic (exact) mass is 261 g/mol. The van der Waals surface area contributed by atoms with Gasteiger partial charge in [-0.15, -0.1) is 0 Å². The van der Waals surface area contributed by atoms with Gasteiger partial charge in [0.2, 0.25) is 0 Å². The summed E-state index contributed by atoms with van der Waals surface area (Å²) < 4.78 is 22.7. The Bertz CT molecular complexity index is 376. The molecule has 1 fully saturated rings. The number of hydrogen-bond acceptors (Lipinski definition) is 5. The highest BCUT2D eigenvalue weighted by Gasteiger charge is 2.49. The lowest BCUT2D eigenvalue weighted by Gasteiger charge is -2.25. The fourth-order valence-corrected chi connectivity index (χ4v) is 1.57. The van der Waals surface area contributed by atoms with E-state index in [9.17, 15) is 18.8 Å². The van der Waals surface area contributed by atoms with Gasteiger partial charge in [-0.05, 0) is 20.8 Å². The lowest BCUT2D eigenvalue weighted by molar-refractivity contribution is -0.148. The summed E-state index contributed by atoms with van der Waals surface area (Å²) in [6.07, 6.45) is -3.32. The van der Waals surface area contributed by atoms with Crippen LogP contribution in [0.25, 0.3) is 0 Å². The quantitative estimate of drug-likeness (QED) is 0.659. The topological polar surface area (TPSA) is 72.9 Å². The Balaban J connectivity index is 2.91. The SMILES string of the molecule is COC(=O)C1CC(F)C(=O)N1C(=O)OC(C)(C)C. The maximum atomic E-state index is 13.3. The number of alkyl halides is 1. The van der Waals surface area contributed by atoms with E-state index >= 15 is 0 Å². The number of halogens is 1. The second kappa shape index (κ2) is 4.91. The third-order valence-corrected chi connectivity index (χ3v) is 2.31. The van der Waals surface area contributed by atoms with Crippen molar-refractivity contribution in [3.63, 3.8) is 0 Å². The van der Waals surface area contributed by atoms with Crippen LogP contribution in [0.1, 0.15) is 27.2 Å². The standard InChI is InChI=1S/C11H16FNO5/c1-11(2,3)18-10(16)13-7(9(15)17-4)5-6(12)8(13)14/h6-7H,5H2,1-4H3. The summed E-state index contributed by atoms with van der Waals surface area (Å²) in [5.74, 6) is -1.91. The minimum Gasteiger partial charge on any atom is -0.467 e. The minimum absolute atomic E-state index is 0.398. The number of hydrogen-bond donors (Lipinski definition) is 0. The Hall–Kier alpha value is -1.66. The molecule has 18 heavy (non-hydrogen) atoms. The molecule has 0 aliphatic carbocycles. The number of methoxy groups -OCH3 is 1. The van der Waals surface area contributed by atoms with Gasteiger partial charge < -0.3 is 9.47 Å². The number of ether oxygens (including phenoxy) is 2. The normalized spacial score (nSPS) is 24.1. The molecule has 6 nitrogen and oxygen atoms in total. The summed E-state index contributed by atoms with van der Waals surface area (Å²) in [6.45, 7) is 4.81. The lowest BCUT2D eigenvalue weighted by atomic mass is 10.2. The molecule has 0 spiro atoms. The lowest BCUT2D eigenvalue weighted by Crippen LogP contribution is -2.46. The van der Waals surface area contributed by atoms with Crippen molar-refractivity contribution in [2.24, 2.45) is 0 Å². The second-order valence-electron chi connectivity index (χ2n) is 4.93. The van der Waals surface area contributed by atoms with Crippen molar-refractivity contribution in [3.05, 3.63) is 0 Å². The van der Waals surface area contributed by atoms with Crippen LogP contribution < -0.4 is 0 Å². The van der Waals surface area contributed by atoms with Gasteiger partial charge in [-0.1, -0.05) is 0 Å². The van der Waals surface area contributed by atoms with E-state index in [1.165, 1.54) is 0 Å². The zero-order valence-corrected chi connectivity index (χ0v) is 10.7. The summed E-state index contributed by atoms with van der Waals surface area (Å²) in [6, 6.07) is -1.26. The third-order valence-electron chi connectivity index (χ3n) is 2.31. The Morgan fingerprint density at radius 1 is 1.39 bits per heavy atom. The molecule has 0 radical (unpaired) electrons. The second-order valence-corrected chi connectivity index (χ2v) is 4.93. The number of nitrogens with zero attached hydrogens (tertiary/aromatic N) is 1. The first kappa shape index (κ1) is 14.4. The molecular formula is C11H16FNO5. The van der Waals surface area contributed by atoms with E-state index < -0.39 is 42.2 Å². The molecule has 2 unspecified atom stereocenters. The molecule has 1 heterocycles. The molecule has 1 aliphatic rings. The molecule has 0 saturated carbocycles. The van der Waals surface area contributed by atoms with E-state index in [0.29, 0.717) is 4.90 Å². The van der Waals surface area contributed by atoms with Crippen LogP contribution in [0, 0.1) is 0 Å². The van der Waals surface area contributed by atoms with E-state index in [4.69, 9.17) is 4.74 Å². The van der Waals surface area contributed by atoms with Crippen molar-refractivity contribution in [2.75, 3.05) is 7.11 Å². The highest BCUT2D eigenvalue weighted by molar-refractivity contribution is 6.01. The molecule has 0 aromatic heterocycles. The van der Waals surface area contributed by atoms with Crippen molar-refractivity contribution in [2.45, 2.75) is 45.0 Å². The number of rotatable bonds is 1. The average molecular weight is 261 g/mol. The van der Waals surface area contributed by atoms with E-state index in [0.717, 1.165) is 7.11 Å². The molecule has 0 N–H and O–H groups in total. The van der Waals surface area contributed by atoms with Gasteiger partial charge in [-0.25, -0.2) is 18.9 Å². The number of esters is 1. The van der Waals surface area contributed by atoms with Crippen LogP contribution in [-0.4, -0.2) is 47.8 Å². The predicted octanol–water partition coefficient (Wildman–Crippen LogP) is 1.03. The van der Waals surface area contributed by atoms with Gasteiger partial charge in [-0.3, -0.25) is 4.79 Å². The smallest absolute Gasteiger partial charge is 0.417 e. The predicted molar refractivity (Wildman–Crippen MR) is 58.4 cm³/mol. The first-order valence-corrected chi connectivity index (χ1v) is 5.45. The van der Waals surface area contributed by atoms with Crippen LogP contribution in [0.2, 0.25) is 0 Å². The van der Waals surface area contributed by atoms with Gasteiger partial charge >= 0.3 is 12.1 Å². The molecule has 2 amide bonds. The highest BCUT2D eigenvalue weighted by Crippen LogP contribution is 2.25. The largest absolute Gasteiger partial charge is 0.467 e. The van der Waals surface area contributed by atoms with Crippen LogP contribution in [0.15, 0.2) is 0 Å². The van der Waals surface area contributed by atoms with Crippen LogP contribution in [0.4, 0.5) is 9.18 Å².